The first-order valence-corrected chi connectivity index (χ1v) is 8.36. The first-order chi connectivity index (χ1) is 10.2. The molecule has 0 aliphatic rings. The number of carboxylic acid groups (broad SMARTS) is 1. The highest BCUT2D eigenvalue weighted by molar-refractivity contribution is 5.66. The second-order valence-electron chi connectivity index (χ2n) is 5.61. The van der Waals surface area contributed by atoms with Crippen LogP contribution in [-0.2, 0) is 4.79 Å². The van der Waals surface area contributed by atoms with E-state index in [1.165, 1.54) is 32.1 Å². The van der Waals surface area contributed by atoms with Gasteiger partial charge in [0, 0.05) is 19.5 Å². The molecule has 0 saturated heterocycles. The van der Waals surface area contributed by atoms with E-state index >= 15 is 0 Å². The summed E-state index contributed by atoms with van der Waals surface area (Å²) in [4.78, 5) is 12.4. The van der Waals surface area contributed by atoms with E-state index in [4.69, 9.17) is 15.3 Å². The zero-order valence-corrected chi connectivity index (χ0v) is 13.3. The van der Waals surface area contributed by atoms with Crippen molar-refractivity contribution >= 4 is 5.97 Å². The van der Waals surface area contributed by atoms with Gasteiger partial charge in [-0.05, 0) is 19.4 Å². The van der Waals surface area contributed by atoms with Crippen LogP contribution < -0.4 is 0 Å². The third-order valence-electron chi connectivity index (χ3n) is 3.70. The first kappa shape index (κ1) is 20.3. The maximum Gasteiger partial charge on any atom is 0.303 e. The minimum atomic E-state index is -0.688. The molecule has 21 heavy (non-hydrogen) atoms. The molecule has 126 valence electrons. The van der Waals surface area contributed by atoms with E-state index in [1.54, 1.807) is 0 Å². The van der Waals surface area contributed by atoms with Crippen LogP contribution in [0.3, 0.4) is 0 Å². The second kappa shape index (κ2) is 15.7. The number of hydrogen-bond donors (Lipinski definition) is 3. The third-order valence-corrected chi connectivity index (χ3v) is 3.70. The summed E-state index contributed by atoms with van der Waals surface area (Å²) in [7, 11) is 0. The van der Waals surface area contributed by atoms with Crippen LogP contribution in [0.2, 0.25) is 0 Å². The lowest BCUT2D eigenvalue weighted by atomic mass is 10.1. The van der Waals surface area contributed by atoms with Crippen LogP contribution in [0.25, 0.3) is 0 Å². The molecule has 5 nitrogen and oxygen atoms in total. The van der Waals surface area contributed by atoms with Crippen LogP contribution in [0.4, 0.5) is 0 Å². The topological polar surface area (TPSA) is 81.0 Å². The number of aliphatic carboxylic acids is 1. The molecule has 0 atom stereocenters. The molecular weight excluding hydrogens is 270 g/mol. The Kier molecular flexibility index (Phi) is 15.2. The molecular formula is C16H33NO4. The maximum absolute atomic E-state index is 10.3. The fourth-order valence-corrected chi connectivity index (χ4v) is 2.47. The van der Waals surface area contributed by atoms with Gasteiger partial charge >= 0.3 is 5.97 Å². The van der Waals surface area contributed by atoms with Crippen molar-refractivity contribution in [3.63, 3.8) is 0 Å². The van der Waals surface area contributed by atoms with E-state index in [1.807, 2.05) is 0 Å². The van der Waals surface area contributed by atoms with E-state index in [0.29, 0.717) is 19.5 Å². The van der Waals surface area contributed by atoms with Crippen LogP contribution in [0.5, 0.6) is 0 Å². The fraction of sp³-hybridized carbons (Fsp3) is 0.938. The predicted molar refractivity (Wildman–Crippen MR) is 84.4 cm³/mol. The Morgan fingerprint density at radius 2 is 1.10 bits per heavy atom. The largest absolute Gasteiger partial charge is 0.481 e. The molecule has 0 spiro atoms. The van der Waals surface area contributed by atoms with Gasteiger partial charge in [0.15, 0.2) is 0 Å². The van der Waals surface area contributed by atoms with Gasteiger partial charge in [-0.1, -0.05) is 44.9 Å². The van der Waals surface area contributed by atoms with Crippen LogP contribution in [0.1, 0.15) is 64.2 Å². The number of unbranched alkanes of at least 4 members (excludes halogenated alkanes) is 8. The highest BCUT2D eigenvalue weighted by Gasteiger charge is 2.02. The zero-order chi connectivity index (χ0) is 15.8. The number of rotatable bonds is 16. The van der Waals surface area contributed by atoms with Gasteiger partial charge in [-0.25, -0.2) is 0 Å². The number of carboxylic acids is 1. The number of aliphatic hydroxyl groups is 2. The van der Waals surface area contributed by atoms with Gasteiger partial charge in [0.2, 0.25) is 0 Å². The van der Waals surface area contributed by atoms with E-state index in [0.717, 1.165) is 32.2 Å². The van der Waals surface area contributed by atoms with Gasteiger partial charge in [0.05, 0.1) is 13.2 Å². The Morgan fingerprint density at radius 1 is 0.667 bits per heavy atom. The third kappa shape index (κ3) is 15.6. The molecule has 0 fully saturated rings. The molecule has 0 radical (unpaired) electrons. The molecule has 5 heteroatoms. The van der Waals surface area contributed by atoms with Crippen molar-refractivity contribution in [2.45, 2.75) is 64.2 Å². The van der Waals surface area contributed by atoms with Gasteiger partial charge < -0.3 is 15.3 Å². The van der Waals surface area contributed by atoms with Gasteiger partial charge in [0.1, 0.15) is 0 Å². The van der Waals surface area contributed by atoms with Crippen LogP contribution in [-0.4, -0.2) is 59.0 Å². The summed E-state index contributed by atoms with van der Waals surface area (Å²) < 4.78 is 0. The molecule has 0 saturated carbocycles. The lowest BCUT2D eigenvalue weighted by Gasteiger charge is -2.19. The van der Waals surface area contributed by atoms with Crippen molar-refractivity contribution in [1.29, 1.82) is 0 Å². The molecule has 0 aromatic carbocycles. The van der Waals surface area contributed by atoms with Crippen molar-refractivity contribution in [2.75, 3.05) is 32.8 Å². The number of aliphatic hydroxyl groups excluding tert-OH is 2. The van der Waals surface area contributed by atoms with E-state index in [9.17, 15) is 4.79 Å². The summed E-state index contributed by atoms with van der Waals surface area (Å²) >= 11 is 0. The Labute approximate surface area is 129 Å². The minimum absolute atomic E-state index is 0.155. The van der Waals surface area contributed by atoms with Gasteiger partial charge in [-0.3, -0.25) is 9.69 Å². The molecule has 0 aliphatic carbocycles. The quantitative estimate of drug-likeness (QED) is 0.381. The minimum Gasteiger partial charge on any atom is -0.481 e. The van der Waals surface area contributed by atoms with Gasteiger partial charge in [-0.2, -0.15) is 0 Å². The summed E-state index contributed by atoms with van der Waals surface area (Å²) in [6, 6.07) is 0. The number of hydrogen-bond acceptors (Lipinski definition) is 4. The summed E-state index contributed by atoms with van der Waals surface area (Å²) in [6.45, 7) is 2.56. The lowest BCUT2D eigenvalue weighted by molar-refractivity contribution is -0.137. The molecule has 0 heterocycles. The molecule has 0 unspecified atom stereocenters. The Balaban J connectivity index is 3.22. The van der Waals surface area contributed by atoms with Crippen LogP contribution in [0, 0.1) is 0 Å². The second-order valence-corrected chi connectivity index (χ2v) is 5.61. The highest BCUT2D eigenvalue weighted by atomic mass is 16.4. The Morgan fingerprint density at radius 3 is 1.52 bits per heavy atom. The number of carbonyl (C=O) groups is 1. The predicted octanol–water partition coefficient (Wildman–Crippen LogP) is 2.26. The molecule has 0 aromatic heterocycles. The number of nitrogens with zero attached hydrogens (tertiary/aromatic N) is 1. The average molecular weight is 303 g/mol. The standard InChI is InChI=1S/C16H33NO4/c18-14-12-17(13-15-19)11-9-7-5-3-1-2-4-6-8-10-16(20)21/h18-19H,1-15H2,(H,20,21). The van der Waals surface area contributed by atoms with E-state index in [2.05, 4.69) is 4.90 Å². The molecule has 0 aromatic rings. The van der Waals surface area contributed by atoms with E-state index in [-0.39, 0.29) is 13.2 Å². The van der Waals surface area contributed by atoms with Gasteiger partial charge in [0.25, 0.3) is 0 Å². The maximum atomic E-state index is 10.3. The monoisotopic (exact) mass is 303 g/mol. The Hall–Kier alpha value is -0.650. The van der Waals surface area contributed by atoms with Crippen molar-refractivity contribution in [1.82, 2.24) is 4.90 Å². The lowest BCUT2D eigenvalue weighted by Crippen LogP contribution is -2.30. The molecule has 0 bridgehead atoms. The van der Waals surface area contributed by atoms with Crippen molar-refractivity contribution in [3.05, 3.63) is 0 Å². The van der Waals surface area contributed by atoms with E-state index < -0.39 is 5.97 Å². The molecule has 0 rings (SSSR count). The molecule has 0 aliphatic heterocycles. The summed E-state index contributed by atoms with van der Waals surface area (Å²) in [6.07, 6.45) is 10.5. The Bertz CT molecular complexity index is 230. The molecule has 0 amide bonds. The zero-order valence-electron chi connectivity index (χ0n) is 13.3. The normalized spacial score (nSPS) is 11.2. The highest BCUT2D eigenvalue weighted by Crippen LogP contribution is 2.10. The SMILES string of the molecule is O=C(O)CCCCCCCCCCCN(CCO)CCO. The van der Waals surface area contributed by atoms with Crippen molar-refractivity contribution in [2.24, 2.45) is 0 Å². The fourth-order valence-electron chi connectivity index (χ4n) is 2.47. The first-order valence-electron chi connectivity index (χ1n) is 8.36. The van der Waals surface area contributed by atoms with Crippen molar-refractivity contribution in [3.8, 4) is 0 Å². The molecule has 3 N–H and O–H groups in total. The summed E-state index contributed by atoms with van der Waals surface area (Å²) in [5.74, 6) is -0.688. The summed E-state index contributed by atoms with van der Waals surface area (Å²) in [5.41, 5.74) is 0. The average Bonchev–Trinajstić information content (AvgIpc) is 2.44. The summed E-state index contributed by atoms with van der Waals surface area (Å²) in [5, 5.41) is 26.3. The van der Waals surface area contributed by atoms with Crippen molar-refractivity contribution < 1.29 is 20.1 Å². The van der Waals surface area contributed by atoms with Crippen LogP contribution >= 0.6 is 0 Å². The van der Waals surface area contributed by atoms with Crippen LogP contribution in [0.15, 0.2) is 0 Å². The van der Waals surface area contributed by atoms with Gasteiger partial charge in [-0.15, -0.1) is 0 Å². The smallest absolute Gasteiger partial charge is 0.303 e.